The summed E-state index contributed by atoms with van der Waals surface area (Å²) >= 11 is 0. The Morgan fingerprint density at radius 2 is 1.67 bits per heavy atom. The molecular weight excluding hydrogens is 544 g/mol. The van der Waals surface area contributed by atoms with Gasteiger partial charge in [0.2, 0.25) is 5.88 Å². The van der Waals surface area contributed by atoms with Crippen LogP contribution in [0.2, 0.25) is 0 Å². The number of fused-ring (bicyclic) bond motifs is 1. The zero-order valence-electron chi connectivity index (χ0n) is 20.1. The number of carboxylic acid groups (broad SMARTS) is 2. The van der Waals surface area contributed by atoms with E-state index < -0.39 is 24.3 Å². The third-order valence-electron chi connectivity index (χ3n) is 5.25. The van der Waals surface area contributed by atoms with E-state index in [1.807, 2.05) is 36.1 Å². The minimum Gasteiger partial charge on any atom is -0.475 e. The van der Waals surface area contributed by atoms with Gasteiger partial charge in [0.05, 0.1) is 18.2 Å². The predicted molar refractivity (Wildman–Crippen MR) is 119 cm³/mol. The summed E-state index contributed by atoms with van der Waals surface area (Å²) in [6, 6.07) is 7.48. The number of alkyl halides is 6. The quantitative estimate of drug-likeness (QED) is 0.534. The SMILES string of the molecule is Cc1cncc(C(=O)N2C[C@H](Oc3ccccn3)[C@H]3OCCC[C@H]32)c1.O=C(O)C(F)(F)F.O=C(O)C(F)(F)F. The smallest absolute Gasteiger partial charge is 0.475 e. The zero-order chi connectivity index (χ0) is 29.4. The van der Waals surface area contributed by atoms with Crippen LogP contribution in [0.4, 0.5) is 26.3 Å². The van der Waals surface area contributed by atoms with E-state index in [1.54, 1.807) is 18.6 Å². The lowest BCUT2D eigenvalue weighted by atomic mass is 10.0. The van der Waals surface area contributed by atoms with E-state index in [-0.39, 0.29) is 24.2 Å². The highest BCUT2D eigenvalue weighted by Gasteiger charge is 2.47. The molecule has 0 radical (unpaired) electrons. The molecule has 2 fully saturated rings. The highest BCUT2D eigenvalue weighted by molar-refractivity contribution is 5.94. The minimum absolute atomic E-state index is 0.0104. The molecule has 2 N–H and O–H groups in total. The number of carbonyl (C=O) groups excluding carboxylic acids is 1. The number of hydrogen-bond acceptors (Lipinski definition) is 7. The maximum absolute atomic E-state index is 13.0. The van der Waals surface area contributed by atoms with Crippen LogP contribution >= 0.6 is 0 Å². The molecular formula is C23H23F6N3O7. The number of likely N-dealkylation sites (tertiary alicyclic amines) is 1. The average molecular weight is 567 g/mol. The number of carbonyl (C=O) groups is 3. The van der Waals surface area contributed by atoms with Gasteiger partial charge in [-0.2, -0.15) is 26.3 Å². The fraction of sp³-hybridized carbons (Fsp3) is 0.435. The second kappa shape index (κ2) is 13.2. The Hall–Kier alpha value is -3.95. The van der Waals surface area contributed by atoms with Crippen molar-refractivity contribution >= 4 is 17.8 Å². The van der Waals surface area contributed by atoms with Crippen LogP contribution in [0.15, 0.2) is 42.9 Å². The second-order valence-corrected chi connectivity index (χ2v) is 8.18. The van der Waals surface area contributed by atoms with E-state index in [0.717, 1.165) is 18.4 Å². The molecule has 1 amide bonds. The van der Waals surface area contributed by atoms with E-state index in [1.165, 1.54) is 0 Å². The summed E-state index contributed by atoms with van der Waals surface area (Å²) in [5.74, 6) is -4.96. The normalized spacial score (nSPS) is 20.4. The van der Waals surface area contributed by atoms with Crippen molar-refractivity contribution in [1.82, 2.24) is 14.9 Å². The third-order valence-corrected chi connectivity index (χ3v) is 5.25. The van der Waals surface area contributed by atoms with Crippen molar-refractivity contribution in [2.24, 2.45) is 0 Å². The van der Waals surface area contributed by atoms with Crippen molar-refractivity contribution < 1.29 is 60.4 Å². The summed E-state index contributed by atoms with van der Waals surface area (Å²) in [6.07, 6.45) is -3.53. The summed E-state index contributed by atoms with van der Waals surface area (Å²) in [5, 5.41) is 14.2. The van der Waals surface area contributed by atoms with Crippen molar-refractivity contribution in [2.45, 2.75) is 50.4 Å². The van der Waals surface area contributed by atoms with Crippen LogP contribution < -0.4 is 4.74 Å². The van der Waals surface area contributed by atoms with Gasteiger partial charge >= 0.3 is 24.3 Å². The van der Waals surface area contributed by atoms with Crippen LogP contribution in [0.1, 0.15) is 28.8 Å². The van der Waals surface area contributed by atoms with E-state index >= 15 is 0 Å². The molecule has 0 spiro atoms. The van der Waals surface area contributed by atoms with Gasteiger partial charge in [0.25, 0.3) is 5.91 Å². The number of carboxylic acids is 2. The molecule has 214 valence electrons. The van der Waals surface area contributed by atoms with E-state index in [2.05, 4.69) is 9.97 Å². The highest BCUT2D eigenvalue weighted by Crippen LogP contribution is 2.32. The van der Waals surface area contributed by atoms with Crippen LogP contribution in [0.5, 0.6) is 5.88 Å². The van der Waals surface area contributed by atoms with Crippen LogP contribution in [-0.4, -0.2) is 86.7 Å². The molecule has 4 rings (SSSR count). The van der Waals surface area contributed by atoms with Crippen molar-refractivity contribution in [3.8, 4) is 5.88 Å². The molecule has 39 heavy (non-hydrogen) atoms. The first kappa shape index (κ1) is 31.3. The molecule has 0 aliphatic carbocycles. The fourth-order valence-electron chi connectivity index (χ4n) is 3.66. The number of aryl methyl sites for hydroxylation is 1. The van der Waals surface area contributed by atoms with Crippen molar-refractivity contribution in [2.75, 3.05) is 13.2 Å². The Morgan fingerprint density at radius 1 is 1.05 bits per heavy atom. The summed E-state index contributed by atoms with van der Waals surface area (Å²) < 4.78 is 75.5. The molecule has 2 aliphatic heterocycles. The molecule has 2 aliphatic rings. The predicted octanol–water partition coefficient (Wildman–Crippen LogP) is 3.50. The Morgan fingerprint density at radius 3 is 2.18 bits per heavy atom. The maximum atomic E-state index is 13.0. The van der Waals surface area contributed by atoms with Crippen LogP contribution in [0.3, 0.4) is 0 Å². The number of amides is 1. The van der Waals surface area contributed by atoms with Gasteiger partial charge in [-0.15, -0.1) is 0 Å². The number of halogens is 6. The van der Waals surface area contributed by atoms with E-state index in [9.17, 15) is 31.1 Å². The number of nitrogens with zero attached hydrogens (tertiary/aromatic N) is 3. The van der Waals surface area contributed by atoms with Crippen molar-refractivity contribution in [3.05, 3.63) is 54.0 Å². The second-order valence-electron chi connectivity index (χ2n) is 8.18. The molecule has 4 heterocycles. The molecule has 10 nitrogen and oxygen atoms in total. The first-order valence-corrected chi connectivity index (χ1v) is 11.1. The first-order chi connectivity index (χ1) is 18.1. The van der Waals surface area contributed by atoms with Gasteiger partial charge in [-0.1, -0.05) is 6.07 Å². The van der Waals surface area contributed by atoms with Gasteiger partial charge in [0, 0.05) is 31.3 Å². The Bertz CT molecular complexity index is 1110. The molecule has 0 unspecified atom stereocenters. The molecule has 2 aromatic heterocycles. The molecule has 3 atom stereocenters. The number of aliphatic carboxylic acids is 2. The van der Waals surface area contributed by atoms with E-state index in [0.29, 0.717) is 24.6 Å². The Labute approximate surface area is 217 Å². The van der Waals surface area contributed by atoms with Crippen LogP contribution in [-0.2, 0) is 14.3 Å². The zero-order valence-corrected chi connectivity index (χ0v) is 20.1. The number of rotatable bonds is 3. The third kappa shape index (κ3) is 9.38. The molecule has 2 aromatic rings. The van der Waals surface area contributed by atoms with Gasteiger partial charge in [0.15, 0.2) is 0 Å². The van der Waals surface area contributed by atoms with Gasteiger partial charge in [-0.25, -0.2) is 14.6 Å². The summed E-state index contributed by atoms with van der Waals surface area (Å²) in [4.78, 5) is 41.1. The largest absolute Gasteiger partial charge is 0.490 e. The molecule has 0 aromatic carbocycles. The first-order valence-electron chi connectivity index (χ1n) is 11.1. The van der Waals surface area contributed by atoms with Gasteiger partial charge in [-0.3, -0.25) is 9.78 Å². The Balaban J connectivity index is 0.000000317. The van der Waals surface area contributed by atoms with E-state index in [4.69, 9.17) is 29.3 Å². The summed E-state index contributed by atoms with van der Waals surface area (Å²) in [7, 11) is 0. The number of hydrogen-bond donors (Lipinski definition) is 2. The number of aromatic nitrogens is 2. The van der Waals surface area contributed by atoms with Gasteiger partial charge < -0.3 is 24.6 Å². The lowest BCUT2D eigenvalue weighted by molar-refractivity contribution is -0.193. The van der Waals surface area contributed by atoms with Gasteiger partial charge in [0.1, 0.15) is 12.2 Å². The summed E-state index contributed by atoms with van der Waals surface area (Å²) in [5.41, 5.74) is 1.59. The standard InChI is InChI=1S/C19H21N3O3.2C2HF3O2/c1-13-9-14(11-20-10-13)19(23)22-12-16(18-15(22)5-4-8-24-18)25-17-6-2-3-7-21-17;2*3-2(4,5)1(6)7/h2-3,6-7,9-11,15-16,18H,4-5,8,12H2,1H3;2*(H,6,7)/t15-,16+,18+;;/m1../s1. The van der Waals surface area contributed by atoms with Crippen molar-refractivity contribution in [1.29, 1.82) is 0 Å². The maximum Gasteiger partial charge on any atom is 0.490 e. The topological polar surface area (TPSA) is 139 Å². The monoisotopic (exact) mass is 567 g/mol. The lowest BCUT2D eigenvalue weighted by Gasteiger charge is -2.32. The average Bonchev–Trinajstić information content (AvgIpc) is 3.22. The van der Waals surface area contributed by atoms with Gasteiger partial charge in [-0.05, 0) is 37.5 Å². The summed E-state index contributed by atoms with van der Waals surface area (Å²) in [6.45, 7) is 3.14. The fourth-order valence-corrected chi connectivity index (χ4v) is 3.66. The lowest BCUT2D eigenvalue weighted by Crippen LogP contribution is -2.44. The molecule has 0 bridgehead atoms. The Kier molecular flexibility index (Phi) is 10.6. The number of pyridine rings is 2. The van der Waals surface area contributed by atoms with Crippen LogP contribution in [0, 0.1) is 6.92 Å². The van der Waals surface area contributed by atoms with Crippen LogP contribution in [0.25, 0.3) is 0 Å². The minimum atomic E-state index is -5.08. The molecule has 2 saturated heterocycles. The highest BCUT2D eigenvalue weighted by atomic mass is 19.4. The van der Waals surface area contributed by atoms with Crippen molar-refractivity contribution in [3.63, 3.8) is 0 Å². The number of ether oxygens (including phenoxy) is 2. The molecule has 0 saturated carbocycles. The molecule has 16 heteroatoms.